The summed E-state index contributed by atoms with van der Waals surface area (Å²) < 4.78 is 5.39. The molecule has 0 fully saturated rings. The number of hydrogen-bond acceptors (Lipinski definition) is 3. The fourth-order valence-electron chi connectivity index (χ4n) is 1.95. The van der Waals surface area contributed by atoms with Crippen molar-refractivity contribution < 1.29 is 14.6 Å². The molecular formula is C17H18O3S. The summed E-state index contributed by atoms with van der Waals surface area (Å²) in [6.07, 6.45) is 0.487. The van der Waals surface area contributed by atoms with Crippen molar-refractivity contribution >= 4 is 17.7 Å². The van der Waals surface area contributed by atoms with E-state index in [0.29, 0.717) is 13.0 Å². The Bertz CT molecular complexity index is 566. The SMILES string of the molecule is CCOc1ccc(C[C@H](Sc2ccccc2)C(=O)O)cc1. The van der Waals surface area contributed by atoms with Gasteiger partial charge in [0.1, 0.15) is 11.0 Å². The van der Waals surface area contributed by atoms with Crippen molar-refractivity contribution in [2.24, 2.45) is 0 Å². The highest BCUT2D eigenvalue weighted by Gasteiger charge is 2.19. The van der Waals surface area contributed by atoms with Gasteiger partial charge in [0, 0.05) is 4.90 Å². The molecule has 0 saturated carbocycles. The molecule has 21 heavy (non-hydrogen) atoms. The van der Waals surface area contributed by atoms with Gasteiger partial charge in [-0.15, -0.1) is 11.8 Å². The van der Waals surface area contributed by atoms with Crippen LogP contribution in [-0.4, -0.2) is 22.9 Å². The Balaban J connectivity index is 2.04. The third-order valence-electron chi connectivity index (χ3n) is 2.95. The first kappa shape index (κ1) is 15.4. The number of hydrogen-bond donors (Lipinski definition) is 1. The summed E-state index contributed by atoms with van der Waals surface area (Å²) in [5.74, 6) is 0.0153. The largest absolute Gasteiger partial charge is 0.494 e. The van der Waals surface area contributed by atoms with Crippen molar-refractivity contribution in [2.45, 2.75) is 23.5 Å². The predicted molar refractivity (Wildman–Crippen MR) is 85.0 cm³/mol. The van der Waals surface area contributed by atoms with E-state index in [9.17, 15) is 9.90 Å². The van der Waals surface area contributed by atoms with E-state index in [1.165, 1.54) is 11.8 Å². The molecule has 2 aromatic carbocycles. The topological polar surface area (TPSA) is 46.5 Å². The molecule has 110 valence electrons. The highest BCUT2D eigenvalue weighted by Crippen LogP contribution is 2.26. The lowest BCUT2D eigenvalue weighted by molar-refractivity contribution is -0.136. The number of carbonyl (C=O) groups is 1. The third kappa shape index (κ3) is 4.83. The van der Waals surface area contributed by atoms with Crippen LogP contribution in [0.1, 0.15) is 12.5 Å². The van der Waals surface area contributed by atoms with Crippen molar-refractivity contribution in [1.29, 1.82) is 0 Å². The molecule has 0 aromatic heterocycles. The maximum absolute atomic E-state index is 11.4. The molecule has 0 aliphatic heterocycles. The lowest BCUT2D eigenvalue weighted by atomic mass is 10.1. The van der Waals surface area contributed by atoms with E-state index in [1.54, 1.807) is 0 Å². The summed E-state index contributed by atoms with van der Waals surface area (Å²) in [4.78, 5) is 12.4. The molecule has 0 unspecified atom stereocenters. The molecule has 0 aliphatic rings. The average molecular weight is 302 g/mol. The van der Waals surface area contributed by atoms with E-state index in [0.717, 1.165) is 16.2 Å². The van der Waals surface area contributed by atoms with Crippen LogP contribution in [0.2, 0.25) is 0 Å². The van der Waals surface area contributed by atoms with E-state index in [-0.39, 0.29) is 0 Å². The van der Waals surface area contributed by atoms with E-state index in [2.05, 4.69) is 0 Å². The number of rotatable bonds is 7. The summed E-state index contributed by atoms with van der Waals surface area (Å²) in [7, 11) is 0. The minimum atomic E-state index is -0.794. The summed E-state index contributed by atoms with van der Waals surface area (Å²) in [5.41, 5.74) is 0.995. The highest BCUT2D eigenvalue weighted by atomic mass is 32.2. The van der Waals surface area contributed by atoms with Crippen LogP contribution < -0.4 is 4.74 Å². The molecule has 1 atom stereocenters. The minimum absolute atomic E-state index is 0.487. The number of carboxylic acids is 1. The van der Waals surface area contributed by atoms with Gasteiger partial charge in [-0.05, 0) is 43.2 Å². The fourth-order valence-corrected chi connectivity index (χ4v) is 2.96. The quantitative estimate of drug-likeness (QED) is 0.789. The van der Waals surface area contributed by atoms with Gasteiger partial charge in [0.15, 0.2) is 0 Å². The first-order valence-electron chi connectivity index (χ1n) is 6.85. The summed E-state index contributed by atoms with van der Waals surface area (Å²) in [6, 6.07) is 17.2. The molecule has 0 bridgehead atoms. The van der Waals surface area contributed by atoms with Crippen LogP contribution in [0.3, 0.4) is 0 Å². The maximum Gasteiger partial charge on any atom is 0.317 e. The summed E-state index contributed by atoms with van der Waals surface area (Å²) >= 11 is 1.38. The van der Waals surface area contributed by atoms with Gasteiger partial charge >= 0.3 is 5.97 Å². The molecular weight excluding hydrogens is 284 g/mol. The second-order valence-corrected chi connectivity index (χ2v) is 5.82. The Morgan fingerprint density at radius 3 is 2.38 bits per heavy atom. The highest BCUT2D eigenvalue weighted by molar-refractivity contribution is 8.00. The van der Waals surface area contributed by atoms with Crippen LogP contribution in [0.25, 0.3) is 0 Å². The molecule has 0 saturated heterocycles. The number of ether oxygens (including phenoxy) is 1. The van der Waals surface area contributed by atoms with Gasteiger partial charge in [0.2, 0.25) is 0 Å². The average Bonchev–Trinajstić information content (AvgIpc) is 2.50. The summed E-state index contributed by atoms with van der Waals surface area (Å²) in [6.45, 7) is 2.56. The van der Waals surface area contributed by atoms with Gasteiger partial charge in [0.25, 0.3) is 0 Å². The Kier molecular flexibility index (Phi) is 5.69. The smallest absolute Gasteiger partial charge is 0.317 e. The zero-order valence-corrected chi connectivity index (χ0v) is 12.7. The molecule has 4 heteroatoms. The van der Waals surface area contributed by atoms with E-state index in [1.807, 2.05) is 61.5 Å². The van der Waals surface area contributed by atoms with Crippen LogP contribution in [0.4, 0.5) is 0 Å². The minimum Gasteiger partial charge on any atom is -0.494 e. The first-order valence-corrected chi connectivity index (χ1v) is 7.73. The molecule has 1 N–H and O–H groups in total. The van der Waals surface area contributed by atoms with Gasteiger partial charge in [-0.3, -0.25) is 4.79 Å². The zero-order chi connectivity index (χ0) is 15.1. The number of benzene rings is 2. The lowest BCUT2D eigenvalue weighted by Crippen LogP contribution is -2.19. The van der Waals surface area contributed by atoms with E-state index >= 15 is 0 Å². The molecule has 0 heterocycles. The van der Waals surface area contributed by atoms with Crippen molar-refractivity contribution in [3.8, 4) is 5.75 Å². The molecule has 0 spiro atoms. The molecule has 3 nitrogen and oxygen atoms in total. The van der Waals surface area contributed by atoms with E-state index in [4.69, 9.17) is 4.74 Å². The second-order valence-electron chi connectivity index (χ2n) is 4.54. The normalized spacial score (nSPS) is 11.9. The van der Waals surface area contributed by atoms with Gasteiger partial charge < -0.3 is 9.84 Å². The number of thioether (sulfide) groups is 1. The third-order valence-corrected chi connectivity index (χ3v) is 4.15. The lowest BCUT2D eigenvalue weighted by Gasteiger charge is -2.12. The Morgan fingerprint density at radius 2 is 1.81 bits per heavy atom. The zero-order valence-electron chi connectivity index (χ0n) is 11.9. The molecule has 0 radical (unpaired) electrons. The molecule has 0 amide bonds. The Labute approximate surface area is 129 Å². The van der Waals surface area contributed by atoms with E-state index < -0.39 is 11.2 Å². The second kappa shape index (κ2) is 7.74. The van der Waals surface area contributed by atoms with Crippen LogP contribution in [0.5, 0.6) is 5.75 Å². The molecule has 0 aliphatic carbocycles. The van der Waals surface area contributed by atoms with Crippen molar-refractivity contribution in [2.75, 3.05) is 6.61 Å². The van der Waals surface area contributed by atoms with Gasteiger partial charge in [-0.25, -0.2) is 0 Å². The number of carboxylic acid groups (broad SMARTS) is 1. The fraction of sp³-hybridized carbons (Fsp3) is 0.235. The predicted octanol–water partition coefficient (Wildman–Crippen LogP) is 3.87. The van der Waals surface area contributed by atoms with Crippen molar-refractivity contribution in [3.63, 3.8) is 0 Å². The van der Waals surface area contributed by atoms with Crippen LogP contribution in [-0.2, 0) is 11.2 Å². The summed E-state index contributed by atoms with van der Waals surface area (Å²) in [5, 5.41) is 8.89. The molecule has 2 aromatic rings. The monoisotopic (exact) mass is 302 g/mol. The van der Waals surface area contributed by atoms with Gasteiger partial charge in [-0.1, -0.05) is 30.3 Å². The van der Waals surface area contributed by atoms with Crippen LogP contribution in [0.15, 0.2) is 59.5 Å². The van der Waals surface area contributed by atoms with Crippen LogP contribution in [0, 0.1) is 0 Å². The Morgan fingerprint density at radius 1 is 1.14 bits per heavy atom. The van der Waals surface area contributed by atoms with Gasteiger partial charge in [-0.2, -0.15) is 0 Å². The Hall–Kier alpha value is -1.94. The van der Waals surface area contributed by atoms with Crippen molar-refractivity contribution in [3.05, 3.63) is 60.2 Å². The van der Waals surface area contributed by atoms with Gasteiger partial charge in [0.05, 0.1) is 6.61 Å². The maximum atomic E-state index is 11.4. The first-order chi connectivity index (χ1) is 10.2. The number of aliphatic carboxylic acids is 1. The molecule has 2 rings (SSSR count). The van der Waals surface area contributed by atoms with Crippen LogP contribution >= 0.6 is 11.8 Å². The van der Waals surface area contributed by atoms with Crippen molar-refractivity contribution in [1.82, 2.24) is 0 Å². The standard InChI is InChI=1S/C17H18O3S/c1-2-20-14-10-8-13(9-11-14)12-16(17(18)19)21-15-6-4-3-5-7-15/h3-11,16H,2,12H2,1H3,(H,18,19)/t16-/m0/s1.